The van der Waals surface area contributed by atoms with Gasteiger partial charge in [0.2, 0.25) is 0 Å². The first kappa shape index (κ1) is 16.6. The SMILES string of the molecule is O=C(Nc1ccccc1Cn1cncn1)c1ccccc1OC(F)F. The Morgan fingerprint density at radius 3 is 2.68 bits per heavy atom. The second-order valence-electron chi connectivity index (χ2n) is 5.08. The predicted molar refractivity (Wildman–Crippen MR) is 86.6 cm³/mol. The topological polar surface area (TPSA) is 69.0 Å². The van der Waals surface area contributed by atoms with Gasteiger partial charge in [-0.05, 0) is 23.8 Å². The van der Waals surface area contributed by atoms with E-state index in [4.69, 9.17) is 0 Å². The van der Waals surface area contributed by atoms with E-state index in [9.17, 15) is 13.6 Å². The molecule has 0 unspecified atom stereocenters. The minimum absolute atomic E-state index is 0.0263. The molecule has 1 heterocycles. The van der Waals surface area contributed by atoms with E-state index in [0.717, 1.165) is 5.56 Å². The highest BCUT2D eigenvalue weighted by Gasteiger charge is 2.16. The van der Waals surface area contributed by atoms with Gasteiger partial charge in [0, 0.05) is 5.69 Å². The molecule has 25 heavy (non-hydrogen) atoms. The van der Waals surface area contributed by atoms with E-state index < -0.39 is 12.5 Å². The zero-order valence-electron chi connectivity index (χ0n) is 13.0. The molecule has 1 aromatic heterocycles. The summed E-state index contributed by atoms with van der Waals surface area (Å²) in [6.45, 7) is -2.60. The van der Waals surface area contributed by atoms with Crippen LogP contribution < -0.4 is 10.1 Å². The number of amides is 1. The van der Waals surface area contributed by atoms with Crippen molar-refractivity contribution in [3.63, 3.8) is 0 Å². The summed E-state index contributed by atoms with van der Waals surface area (Å²) in [5.41, 5.74) is 1.38. The largest absolute Gasteiger partial charge is 0.434 e. The van der Waals surface area contributed by atoms with E-state index >= 15 is 0 Å². The molecule has 0 saturated carbocycles. The summed E-state index contributed by atoms with van der Waals surface area (Å²) in [6, 6.07) is 13.0. The lowest BCUT2D eigenvalue weighted by atomic mass is 10.1. The van der Waals surface area contributed by atoms with Crippen molar-refractivity contribution < 1.29 is 18.3 Å². The van der Waals surface area contributed by atoms with Crippen LogP contribution in [0.1, 0.15) is 15.9 Å². The summed E-state index contributed by atoms with van der Waals surface area (Å²) in [7, 11) is 0. The summed E-state index contributed by atoms with van der Waals surface area (Å²) in [6.07, 6.45) is 2.98. The molecule has 0 spiro atoms. The lowest BCUT2D eigenvalue weighted by Crippen LogP contribution is -2.16. The second kappa shape index (κ2) is 7.52. The van der Waals surface area contributed by atoms with E-state index in [2.05, 4.69) is 20.1 Å². The highest BCUT2D eigenvalue weighted by atomic mass is 19.3. The normalized spacial score (nSPS) is 10.7. The second-order valence-corrected chi connectivity index (χ2v) is 5.08. The summed E-state index contributed by atoms with van der Waals surface area (Å²) in [5.74, 6) is -0.717. The summed E-state index contributed by atoms with van der Waals surface area (Å²) in [5, 5.41) is 6.75. The third-order valence-corrected chi connectivity index (χ3v) is 3.41. The van der Waals surface area contributed by atoms with Crippen molar-refractivity contribution in [2.75, 3.05) is 5.32 Å². The first-order valence-electron chi connectivity index (χ1n) is 7.39. The van der Waals surface area contributed by atoms with Gasteiger partial charge in [-0.3, -0.25) is 4.79 Å². The number of halogens is 2. The van der Waals surface area contributed by atoms with Crippen LogP contribution in [0.3, 0.4) is 0 Å². The van der Waals surface area contributed by atoms with Gasteiger partial charge in [0.1, 0.15) is 18.4 Å². The number of aromatic nitrogens is 3. The molecule has 2 aromatic carbocycles. The molecular formula is C17H14F2N4O2. The Labute approximate surface area is 142 Å². The molecule has 0 saturated heterocycles. The molecule has 0 aliphatic rings. The Hall–Kier alpha value is -3.29. The van der Waals surface area contributed by atoms with Crippen LogP contribution in [0.5, 0.6) is 5.75 Å². The van der Waals surface area contributed by atoms with Gasteiger partial charge in [-0.2, -0.15) is 13.9 Å². The van der Waals surface area contributed by atoms with Crippen molar-refractivity contribution in [3.05, 3.63) is 72.3 Å². The zero-order valence-corrected chi connectivity index (χ0v) is 13.0. The van der Waals surface area contributed by atoms with Crippen molar-refractivity contribution >= 4 is 11.6 Å². The van der Waals surface area contributed by atoms with Crippen molar-refractivity contribution in [1.29, 1.82) is 0 Å². The number of rotatable bonds is 6. The van der Waals surface area contributed by atoms with E-state index in [1.165, 1.54) is 24.5 Å². The van der Waals surface area contributed by atoms with Crippen molar-refractivity contribution in [2.45, 2.75) is 13.2 Å². The number of carbonyl (C=O) groups excluding carboxylic acids is 1. The number of hydrogen-bond acceptors (Lipinski definition) is 4. The molecule has 0 radical (unpaired) electrons. The fourth-order valence-corrected chi connectivity index (χ4v) is 2.31. The summed E-state index contributed by atoms with van der Waals surface area (Å²) in [4.78, 5) is 16.4. The molecule has 0 aliphatic carbocycles. The molecule has 0 bridgehead atoms. The van der Waals surface area contributed by atoms with E-state index in [1.54, 1.807) is 29.2 Å². The minimum Gasteiger partial charge on any atom is -0.434 e. The van der Waals surface area contributed by atoms with Gasteiger partial charge in [-0.1, -0.05) is 30.3 Å². The van der Waals surface area contributed by atoms with Gasteiger partial charge >= 0.3 is 6.61 Å². The first-order valence-corrected chi connectivity index (χ1v) is 7.39. The van der Waals surface area contributed by atoms with Gasteiger partial charge < -0.3 is 10.1 Å². The highest BCUT2D eigenvalue weighted by molar-refractivity contribution is 6.06. The molecule has 0 aliphatic heterocycles. The van der Waals surface area contributed by atoms with Gasteiger partial charge in [0.15, 0.2) is 0 Å². The lowest BCUT2D eigenvalue weighted by Gasteiger charge is -2.13. The summed E-state index contributed by atoms with van der Waals surface area (Å²) >= 11 is 0. The van der Waals surface area contributed by atoms with Crippen LogP contribution in [0, 0.1) is 0 Å². The Morgan fingerprint density at radius 2 is 1.92 bits per heavy atom. The molecule has 3 aromatic rings. The molecular weight excluding hydrogens is 330 g/mol. The Morgan fingerprint density at radius 1 is 1.16 bits per heavy atom. The highest BCUT2D eigenvalue weighted by Crippen LogP contribution is 2.23. The molecule has 3 rings (SSSR count). The number of alkyl halides is 2. The third kappa shape index (κ3) is 4.17. The summed E-state index contributed by atoms with van der Waals surface area (Å²) < 4.78 is 31.0. The number of benzene rings is 2. The first-order chi connectivity index (χ1) is 12.1. The number of carbonyl (C=O) groups is 1. The standard InChI is InChI=1S/C17H14F2N4O2/c18-17(19)25-15-8-4-2-6-13(15)16(24)22-14-7-3-1-5-12(14)9-23-11-20-10-21-23/h1-8,10-11,17H,9H2,(H,22,24). The molecule has 0 fully saturated rings. The molecule has 1 amide bonds. The Bertz CT molecular complexity index is 853. The Kier molecular flexibility index (Phi) is 4.98. The van der Waals surface area contributed by atoms with Gasteiger partial charge in [0.25, 0.3) is 5.91 Å². The number of hydrogen-bond donors (Lipinski definition) is 1. The quantitative estimate of drug-likeness (QED) is 0.746. The zero-order chi connectivity index (χ0) is 17.6. The molecule has 8 heteroatoms. The van der Waals surface area contributed by atoms with Gasteiger partial charge in [0.05, 0.1) is 12.1 Å². The van der Waals surface area contributed by atoms with Gasteiger partial charge in [-0.15, -0.1) is 0 Å². The number of nitrogens with zero attached hydrogens (tertiary/aromatic N) is 3. The van der Waals surface area contributed by atoms with Crippen LogP contribution in [0.25, 0.3) is 0 Å². The van der Waals surface area contributed by atoms with E-state index in [0.29, 0.717) is 12.2 Å². The maximum Gasteiger partial charge on any atom is 0.387 e. The van der Waals surface area contributed by atoms with Crippen LogP contribution in [-0.2, 0) is 6.54 Å². The smallest absolute Gasteiger partial charge is 0.387 e. The van der Waals surface area contributed by atoms with Crippen LogP contribution in [0.4, 0.5) is 14.5 Å². The average molecular weight is 344 g/mol. The van der Waals surface area contributed by atoms with Crippen molar-refractivity contribution in [1.82, 2.24) is 14.8 Å². The Balaban J connectivity index is 1.82. The van der Waals surface area contributed by atoms with Crippen LogP contribution >= 0.6 is 0 Å². The third-order valence-electron chi connectivity index (χ3n) is 3.41. The van der Waals surface area contributed by atoms with Crippen LogP contribution in [0.15, 0.2) is 61.2 Å². The van der Waals surface area contributed by atoms with E-state index in [1.807, 2.05) is 12.1 Å². The number of anilines is 1. The number of nitrogens with one attached hydrogen (secondary N) is 1. The van der Waals surface area contributed by atoms with Crippen molar-refractivity contribution in [3.8, 4) is 5.75 Å². The predicted octanol–water partition coefficient (Wildman–Crippen LogP) is 3.18. The van der Waals surface area contributed by atoms with Crippen LogP contribution in [0.2, 0.25) is 0 Å². The molecule has 6 nitrogen and oxygen atoms in total. The molecule has 0 atom stereocenters. The maximum absolute atomic E-state index is 12.5. The van der Waals surface area contributed by atoms with E-state index in [-0.39, 0.29) is 11.3 Å². The number of para-hydroxylation sites is 2. The number of ether oxygens (including phenoxy) is 1. The molecule has 1 N–H and O–H groups in total. The average Bonchev–Trinajstić information content (AvgIpc) is 3.09. The van der Waals surface area contributed by atoms with Crippen molar-refractivity contribution in [2.24, 2.45) is 0 Å². The lowest BCUT2D eigenvalue weighted by molar-refractivity contribution is -0.0501. The fourth-order valence-electron chi connectivity index (χ4n) is 2.31. The van der Waals surface area contributed by atoms with Gasteiger partial charge in [-0.25, -0.2) is 9.67 Å². The van der Waals surface area contributed by atoms with Crippen LogP contribution in [-0.4, -0.2) is 27.3 Å². The maximum atomic E-state index is 12.5. The monoisotopic (exact) mass is 344 g/mol. The minimum atomic E-state index is -3.01. The molecule has 128 valence electrons. The fraction of sp³-hybridized carbons (Fsp3) is 0.118.